The van der Waals surface area contributed by atoms with Gasteiger partial charge in [-0.25, -0.2) is 0 Å². The molecule has 1 fully saturated rings. The molecule has 0 spiro atoms. The second-order valence-electron chi connectivity index (χ2n) is 5.75. The van der Waals surface area contributed by atoms with Crippen LogP contribution in [0.2, 0.25) is 0 Å². The molecule has 1 aliphatic rings. The molecule has 1 aromatic carbocycles. The maximum absolute atomic E-state index is 12.2. The van der Waals surface area contributed by atoms with Gasteiger partial charge in [0.25, 0.3) is 0 Å². The SMILES string of the molecule is CCN(CC(=O)NC(C)(CO)C1CC1)c1ccccc1. The normalized spacial score (nSPS) is 17.4. The zero-order valence-electron chi connectivity index (χ0n) is 12.3. The Bertz CT molecular complexity index is 445. The lowest BCUT2D eigenvalue weighted by atomic mass is 9.97. The van der Waals surface area contributed by atoms with Crippen molar-refractivity contribution in [2.45, 2.75) is 32.2 Å². The fourth-order valence-electron chi connectivity index (χ4n) is 2.55. The molecule has 1 amide bonds. The number of likely N-dealkylation sites (N-methyl/N-ethyl adjacent to an activating group) is 1. The van der Waals surface area contributed by atoms with Gasteiger partial charge in [-0.2, -0.15) is 0 Å². The molecule has 0 radical (unpaired) electrons. The van der Waals surface area contributed by atoms with E-state index in [9.17, 15) is 9.90 Å². The largest absolute Gasteiger partial charge is 0.394 e. The van der Waals surface area contributed by atoms with Gasteiger partial charge in [-0.05, 0) is 44.7 Å². The first-order valence-corrected chi connectivity index (χ1v) is 7.31. The van der Waals surface area contributed by atoms with Gasteiger partial charge in [-0.3, -0.25) is 4.79 Å². The minimum atomic E-state index is -0.465. The third-order valence-electron chi connectivity index (χ3n) is 4.07. The topological polar surface area (TPSA) is 52.6 Å². The number of anilines is 1. The van der Waals surface area contributed by atoms with E-state index in [0.717, 1.165) is 25.1 Å². The molecule has 1 unspecified atom stereocenters. The monoisotopic (exact) mass is 276 g/mol. The van der Waals surface area contributed by atoms with Crippen LogP contribution in [0.1, 0.15) is 26.7 Å². The number of para-hydroxylation sites is 1. The van der Waals surface area contributed by atoms with Crippen molar-refractivity contribution >= 4 is 11.6 Å². The van der Waals surface area contributed by atoms with E-state index in [1.54, 1.807) is 0 Å². The van der Waals surface area contributed by atoms with Crippen LogP contribution in [-0.4, -0.2) is 36.2 Å². The lowest BCUT2D eigenvalue weighted by Crippen LogP contribution is -2.53. The summed E-state index contributed by atoms with van der Waals surface area (Å²) in [5, 5.41) is 12.5. The molecule has 110 valence electrons. The summed E-state index contributed by atoms with van der Waals surface area (Å²) in [4.78, 5) is 14.3. The van der Waals surface area contributed by atoms with Crippen molar-refractivity contribution in [2.24, 2.45) is 5.92 Å². The number of benzene rings is 1. The second-order valence-corrected chi connectivity index (χ2v) is 5.75. The van der Waals surface area contributed by atoms with Crippen molar-refractivity contribution in [1.29, 1.82) is 0 Å². The van der Waals surface area contributed by atoms with Crippen LogP contribution in [0.5, 0.6) is 0 Å². The smallest absolute Gasteiger partial charge is 0.240 e. The van der Waals surface area contributed by atoms with Crippen molar-refractivity contribution in [3.05, 3.63) is 30.3 Å². The molecule has 0 heterocycles. The average Bonchev–Trinajstić information content (AvgIpc) is 3.30. The van der Waals surface area contributed by atoms with Crippen molar-refractivity contribution in [3.63, 3.8) is 0 Å². The highest BCUT2D eigenvalue weighted by Gasteiger charge is 2.42. The number of aliphatic hydroxyl groups is 1. The fraction of sp³-hybridized carbons (Fsp3) is 0.562. The molecule has 20 heavy (non-hydrogen) atoms. The van der Waals surface area contributed by atoms with Gasteiger partial charge in [0, 0.05) is 12.2 Å². The number of amides is 1. The van der Waals surface area contributed by atoms with Crippen LogP contribution in [0.15, 0.2) is 30.3 Å². The Kier molecular flexibility index (Phi) is 4.65. The molecule has 4 heteroatoms. The Balaban J connectivity index is 1.96. The van der Waals surface area contributed by atoms with Gasteiger partial charge in [0.05, 0.1) is 18.7 Å². The van der Waals surface area contributed by atoms with Gasteiger partial charge in [0.15, 0.2) is 0 Å². The minimum absolute atomic E-state index is 0.000862. The number of aliphatic hydroxyl groups excluding tert-OH is 1. The van der Waals surface area contributed by atoms with E-state index in [0.29, 0.717) is 12.5 Å². The predicted octanol–water partition coefficient (Wildman–Crippen LogP) is 1.79. The van der Waals surface area contributed by atoms with Crippen LogP contribution >= 0.6 is 0 Å². The van der Waals surface area contributed by atoms with Crippen molar-refractivity contribution < 1.29 is 9.90 Å². The van der Waals surface area contributed by atoms with Crippen LogP contribution in [0, 0.1) is 5.92 Å². The minimum Gasteiger partial charge on any atom is -0.394 e. The Morgan fingerprint density at radius 1 is 1.40 bits per heavy atom. The quantitative estimate of drug-likeness (QED) is 0.798. The Hall–Kier alpha value is -1.55. The highest BCUT2D eigenvalue weighted by Crippen LogP contribution is 2.39. The molecule has 4 nitrogen and oxygen atoms in total. The molecule has 0 aromatic heterocycles. The highest BCUT2D eigenvalue weighted by molar-refractivity contribution is 5.82. The number of hydrogen-bond acceptors (Lipinski definition) is 3. The predicted molar refractivity (Wildman–Crippen MR) is 80.7 cm³/mol. The van der Waals surface area contributed by atoms with Crippen molar-refractivity contribution in [1.82, 2.24) is 5.32 Å². The summed E-state index contributed by atoms with van der Waals surface area (Å²) in [7, 11) is 0. The molecule has 0 bridgehead atoms. The third kappa shape index (κ3) is 3.51. The maximum Gasteiger partial charge on any atom is 0.240 e. The number of rotatable bonds is 7. The number of nitrogens with zero attached hydrogens (tertiary/aromatic N) is 1. The lowest BCUT2D eigenvalue weighted by Gasteiger charge is -2.31. The zero-order chi connectivity index (χ0) is 14.6. The summed E-state index contributed by atoms with van der Waals surface area (Å²) in [6.07, 6.45) is 2.18. The molecule has 0 aliphatic heterocycles. The number of nitrogens with one attached hydrogen (secondary N) is 1. The summed E-state index contributed by atoms with van der Waals surface area (Å²) in [5.74, 6) is 0.391. The number of carbonyl (C=O) groups excluding carboxylic acids is 1. The summed E-state index contributed by atoms with van der Waals surface area (Å²) in [6, 6.07) is 9.91. The van der Waals surface area contributed by atoms with Crippen LogP contribution < -0.4 is 10.2 Å². The first-order valence-electron chi connectivity index (χ1n) is 7.31. The zero-order valence-corrected chi connectivity index (χ0v) is 12.3. The molecule has 2 N–H and O–H groups in total. The Labute approximate surface area is 120 Å². The van der Waals surface area contributed by atoms with Gasteiger partial charge >= 0.3 is 0 Å². The maximum atomic E-state index is 12.2. The molecular weight excluding hydrogens is 252 g/mol. The Morgan fingerprint density at radius 2 is 2.05 bits per heavy atom. The van der Waals surface area contributed by atoms with Crippen LogP contribution in [-0.2, 0) is 4.79 Å². The number of carbonyl (C=O) groups is 1. The molecule has 0 saturated heterocycles. The number of hydrogen-bond donors (Lipinski definition) is 2. The van der Waals surface area contributed by atoms with Crippen LogP contribution in [0.4, 0.5) is 5.69 Å². The van der Waals surface area contributed by atoms with E-state index in [1.165, 1.54) is 0 Å². The van der Waals surface area contributed by atoms with Gasteiger partial charge in [-0.1, -0.05) is 18.2 Å². The average molecular weight is 276 g/mol. The van der Waals surface area contributed by atoms with Crippen LogP contribution in [0.25, 0.3) is 0 Å². The molecular formula is C16H24N2O2. The van der Waals surface area contributed by atoms with Gasteiger partial charge in [0.1, 0.15) is 0 Å². The molecule has 1 aliphatic carbocycles. The van der Waals surface area contributed by atoms with E-state index in [-0.39, 0.29) is 12.5 Å². The highest BCUT2D eigenvalue weighted by atomic mass is 16.3. The first kappa shape index (κ1) is 14.9. The molecule has 1 aromatic rings. The van der Waals surface area contributed by atoms with Gasteiger partial charge in [0.2, 0.25) is 5.91 Å². The van der Waals surface area contributed by atoms with Gasteiger partial charge in [-0.15, -0.1) is 0 Å². The summed E-state index contributed by atoms with van der Waals surface area (Å²) >= 11 is 0. The third-order valence-corrected chi connectivity index (χ3v) is 4.07. The van der Waals surface area contributed by atoms with E-state index in [2.05, 4.69) is 5.32 Å². The van der Waals surface area contributed by atoms with Gasteiger partial charge < -0.3 is 15.3 Å². The van der Waals surface area contributed by atoms with E-state index in [1.807, 2.05) is 49.1 Å². The molecule has 2 rings (SSSR count). The summed E-state index contributed by atoms with van der Waals surface area (Å²) in [6.45, 7) is 5.06. The van der Waals surface area contributed by atoms with Crippen molar-refractivity contribution in [3.8, 4) is 0 Å². The molecule has 1 atom stereocenters. The fourth-order valence-corrected chi connectivity index (χ4v) is 2.55. The molecule has 1 saturated carbocycles. The second kappa shape index (κ2) is 6.27. The summed E-state index contributed by atoms with van der Waals surface area (Å²) < 4.78 is 0. The lowest BCUT2D eigenvalue weighted by molar-refractivity contribution is -0.122. The van der Waals surface area contributed by atoms with Crippen molar-refractivity contribution in [2.75, 3.05) is 24.6 Å². The van der Waals surface area contributed by atoms with E-state index >= 15 is 0 Å². The first-order chi connectivity index (χ1) is 9.59. The summed E-state index contributed by atoms with van der Waals surface area (Å²) in [5.41, 5.74) is 0.579. The Morgan fingerprint density at radius 3 is 2.55 bits per heavy atom. The van der Waals surface area contributed by atoms with Crippen LogP contribution in [0.3, 0.4) is 0 Å². The van der Waals surface area contributed by atoms with E-state index in [4.69, 9.17) is 0 Å². The standard InChI is InChI=1S/C16H24N2O2/c1-3-18(14-7-5-4-6-8-14)11-15(20)17-16(2,12-19)13-9-10-13/h4-8,13,19H,3,9-12H2,1-2H3,(H,17,20). The van der Waals surface area contributed by atoms with E-state index < -0.39 is 5.54 Å².